The second-order valence-electron chi connectivity index (χ2n) is 3.79. The molecule has 4 heteroatoms. The second kappa shape index (κ2) is 3.90. The van der Waals surface area contributed by atoms with Crippen molar-refractivity contribution in [2.45, 2.75) is 19.6 Å². The zero-order valence-corrected chi connectivity index (χ0v) is 10.4. The summed E-state index contributed by atoms with van der Waals surface area (Å²) in [4.78, 5) is 0. The number of benzene rings is 1. The molecule has 0 heterocycles. The van der Waals surface area contributed by atoms with Gasteiger partial charge in [-0.1, -0.05) is 23.2 Å². The minimum Gasteiger partial charge on any atom is -0.543 e. The highest BCUT2D eigenvalue weighted by Crippen LogP contribution is 2.29. The predicted octanol–water partition coefficient (Wildman–Crippen LogP) is 4.21. The van der Waals surface area contributed by atoms with Gasteiger partial charge in [0.15, 0.2) is 0 Å². The van der Waals surface area contributed by atoms with E-state index < -0.39 is 8.32 Å². The molecule has 0 radical (unpaired) electrons. The average Bonchev–Trinajstić information content (AvgIpc) is 1.93. The molecule has 0 spiro atoms. The zero-order chi connectivity index (χ0) is 10.1. The third-order valence-electron chi connectivity index (χ3n) is 1.31. The highest BCUT2D eigenvalue weighted by molar-refractivity contribution is 6.70. The number of hydrogen-bond donors (Lipinski definition) is 0. The van der Waals surface area contributed by atoms with Crippen LogP contribution in [-0.4, -0.2) is 8.32 Å². The lowest BCUT2D eigenvalue weighted by Gasteiger charge is -2.19. The van der Waals surface area contributed by atoms with Gasteiger partial charge in [0.2, 0.25) is 8.32 Å². The van der Waals surface area contributed by atoms with Crippen LogP contribution in [0.5, 0.6) is 5.75 Å². The van der Waals surface area contributed by atoms with Gasteiger partial charge < -0.3 is 4.43 Å². The van der Waals surface area contributed by atoms with Gasteiger partial charge in [-0.05, 0) is 37.8 Å². The number of halogens is 2. The van der Waals surface area contributed by atoms with Crippen LogP contribution in [-0.2, 0) is 0 Å². The maximum absolute atomic E-state index is 5.95. The lowest BCUT2D eigenvalue weighted by atomic mass is 10.3. The largest absolute Gasteiger partial charge is 0.543 e. The molecule has 1 aromatic carbocycles. The molecule has 0 aliphatic rings. The normalized spacial score (nSPS) is 11.5. The molecule has 0 aromatic heterocycles. The Morgan fingerprint density at radius 3 is 2.23 bits per heavy atom. The molecule has 0 bridgehead atoms. The van der Waals surface area contributed by atoms with Crippen molar-refractivity contribution in [2.24, 2.45) is 0 Å². The van der Waals surface area contributed by atoms with Crippen LogP contribution in [0, 0.1) is 0 Å². The summed E-state index contributed by atoms with van der Waals surface area (Å²) < 4.78 is 5.74. The minimum atomic E-state index is -1.57. The Morgan fingerprint density at radius 1 is 1.15 bits per heavy atom. The molecular weight excluding hydrogens is 223 g/mol. The molecule has 72 valence electrons. The highest BCUT2D eigenvalue weighted by Gasteiger charge is 2.17. The molecule has 0 amide bonds. The van der Waals surface area contributed by atoms with Crippen LogP contribution in [0.1, 0.15) is 0 Å². The fraction of sp³-hybridized carbons (Fsp3) is 0.333. The molecule has 0 atom stereocenters. The van der Waals surface area contributed by atoms with Gasteiger partial charge in [-0.15, -0.1) is 0 Å². The van der Waals surface area contributed by atoms with E-state index in [1.54, 1.807) is 12.1 Å². The fourth-order valence-corrected chi connectivity index (χ4v) is 2.24. The fourth-order valence-electron chi connectivity index (χ4n) is 0.888. The standard InChI is InChI=1S/C9H12Cl2OSi/c1-13(2,3)12-9-5-4-7(10)6-8(9)11/h4-6H,1-3H3. The first kappa shape index (κ1) is 10.9. The summed E-state index contributed by atoms with van der Waals surface area (Å²) in [7, 11) is -1.57. The van der Waals surface area contributed by atoms with E-state index in [-0.39, 0.29) is 0 Å². The van der Waals surface area contributed by atoms with Gasteiger partial charge in [-0.25, -0.2) is 0 Å². The summed E-state index contributed by atoms with van der Waals surface area (Å²) >= 11 is 11.7. The Kier molecular flexibility index (Phi) is 3.27. The van der Waals surface area contributed by atoms with Gasteiger partial charge in [0.05, 0.1) is 5.02 Å². The Hall–Kier alpha value is -0.183. The van der Waals surface area contributed by atoms with Crippen molar-refractivity contribution in [1.82, 2.24) is 0 Å². The van der Waals surface area contributed by atoms with Crippen molar-refractivity contribution in [1.29, 1.82) is 0 Å². The summed E-state index contributed by atoms with van der Waals surface area (Å²) in [5.41, 5.74) is 0. The van der Waals surface area contributed by atoms with Gasteiger partial charge in [0.1, 0.15) is 5.75 Å². The summed E-state index contributed by atoms with van der Waals surface area (Å²) in [6.45, 7) is 6.33. The molecule has 0 aliphatic carbocycles. The topological polar surface area (TPSA) is 9.23 Å². The SMILES string of the molecule is C[Si](C)(C)Oc1ccc(Cl)cc1Cl. The van der Waals surface area contributed by atoms with Crippen molar-refractivity contribution >= 4 is 31.5 Å². The highest BCUT2D eigenvalue weighted by atomic mass is 35.5. The van der Waals surface area contributed by atoms with E-state index in [4.69, 9.17) is 27.6 Å². The van der Waals surface area contributed by atoms with Gasteiger partial charge in [-0.3, -0.25) is 0 Å². The van der Waals surface area contributed by atoms with Crippen LogP contribution in [0.15, 0.2) is 18.2 Å². The van der Waals surface area contributed by atoms with E-state index in [0.717, 1.165) is 5.75 Å². The Morgan fingerprint density at radius 2 is 1.77 bits per heavy atom. The van der Waals surface area contributed by atoms with E-state index in [1.807, 2.05) is 6.07 Å². The summed E-state index contributed by atoms with van der Waals surface area (Å²) in [5, 5.41) is 1.21. The monoisotopic (exact) mass is 234 g/mol. The smallest absolute Gasteiger partial charge is 0.242 e. The summed E-state index contributed by atoms with van der Waals surface area (Å²) in [5.74, 6) is 0.727. The maximum Gasteiger partial charge on any atom is 0.242 e. The quantitative estimate of drug-likeness (QED) is 0.698. The third kappa shape index (κ3) is 3.59. The first-order valence-corrected chi connectivity index (χ1v) is 8.19. The van der Waals surface area contributed by atoms with Gasteiger partial charge in [0, 0.05) is 5.02 Å². The number of hydrogen-bond acceptors (Lipinski definition) is 1. The number of rotatable bonds is 2. The van der Waals surface area contributed by atoms with E-state index in [1.165, 1.54) is 0 Å². The second-order valence-corrected chi connectivity index (χ2v) is 9.06. The first-order valence-electron chi connectivity index (χ1n) is 4.02. The van der Waals surface area contributed by atoms with E-state index >= 15 is 0 Å². The minimum absolute atomic E-state index is 0.579. The van der Waals surface area contributed by atoms with Crippen LogP contribution in [0.4, 0.5) is 0 Å². The zero-order valence-electron chi connectivity index (χ0n) is 7.90. The maximum atomic E-state index is 5.95. The summed E-state index contributed by atoms with van der Waals surface area (Å²) in [6.07, 6.45) is 0. The van der Waals surface area contributed by atoms with E-state index in [0.29, 0.717) is 10.0 Å². The molecule has 0 unspecified atom stereocenters. The van der Waals surface area contributed by atoms with Crippen LogP contribution in [0.3, 0.4) is 0 Å². The van der Waals surface area contributed by atoms with Crippen molar-refractivity contribution in [3.8, 4) is 5.75 Å². The molecule has 0 saturated carbocycles. The molecular formula is C9H12Cl2OSi. The molecule has 1 aromatic rings. The molecule has 0 N–H and O–H groups in total. The molecule has 1 nitrogen and oxygen atoms in total. The molecule has 0 aliphatic heterocycles. The average molecular weight is 235 g/mol. The molecule has 1 rings (SSSR count). The Bertz CT molecular complexity index is 307. The predicted molar refractivity (Wildman–Crippen MR) is 60.4 cm³/mol. The molecule has 13 heavy (non-hydrogen) atoms. The Balaban J connectivity index is 2.90. The van der Waals surface area contributed by atoms with Crippen LogP contribution >= 0.6 is 23.2 Å². The van der Waals surface area contributed by atoms with Crippen molar-refractivity contribution in [3.05, 3.63) is 28.2 Å². The molecule has 0 saturated heterocycles. The Labute approximate surface area is 89.8 Å². The van der Waals surface area contributed by atoms with Gasteiger partial charge in [0.25, 0.3) is 0 Å². The van der Waals surface area contributed by atoms with Crippen LogP contribution < -0.4 is 4.43 Å². The van der Waals surface area contributed by atoms with Crippen molar-refractivity contribution < 1.29 is 4.43 Å². The summed E-state index contributed by atoms with van der Waals surface area (Å²) in [6, 6.07) is 5.28. The van der Waals surface area contributed by atoms with Gasteiger partial charge in [-0.2, -0.15) is 0 Å². The van der Waals surface area contributed by atoms with Crippen LogP contribution in [0.25, 0.3) is 0 Å². The van der Waals surface area contributed by atoms with Crippen molar-refractivity contribution in [2.75, 3.05) is 0 Å². The van der Waals surface area contributed by atoms with E-state index in [2.05, 4.69) is 19.6 Å². The van der Waals surface area contributed by atoms with E-state index in [9.17, 15) is 0 Å². The lowest BCUT2D eigenvalue weighted by molar-refractivity contribution is 0.558. The molecule has 0 fully saturated rings. The van der Waals surface area contributed by atoms with Gasteiger partial charge >= 0.3 is 0 Å². The van der Waals surface area contributed by atoms with Crippen molar-refractivity contribution in [3.63, 3.8) is 0 Å². The third-order valence-corrected chi connectivity index (χ3v) is 2.67. The lowest BCUT2D eigenvalue weighted by Crippen LogP contribution is -2.29. The van der Waals surface area contributed by atoms with Crippen LogP contribution in [0.2, 0.25) is 29.7 Å². The first-order chi connectivity index (χ1) is 5.88.